The average Bonchev–Trinajstić information content (AvgIpc) is 3.14. The highest BCUT2D eigenvalue weighted by molar-refractivity contribution is 7.22. The summed E-state index contributed by atoms with van der Waals surface area (Å²) in [6, 6.07) is 12.6. The van der Waals surface area contributed by atoms with Gasteiger partial charge < -0.3 is 0 Å². The Morgan fingerprint density at radius 3 is 2.68 bits per heavy atom. The number of carbonyl (C=O) groups excluding carboxylic acids is 1. The summed E-state index contributed by atoms with van der Waals surface area (Å²) in [4.78, 5) is 23.3. The van der Waals surface area contributed by atoms with Crippen molar-refractivity contribution >= 4 is 32.6 Å². The quantitative estimate of drug-likeness (QED) is 0.482. The van der Waals surface area contributed by atoms with Gasteiger partial charge in [-0.2, -0.15) is 0 Å². The summed E-state index contributed by atoms with van der Waals surface area (Å²) in [6.07, 6.45) is 3.30. The lowest BCUT2D eigenvalue weighted by Gasteiger charge is -2.20. The van der Waals surface area contributed by atoms with Crippen molar-refractivity contribution in [2.45, 2.75) is 13.5 Å². The van der Waals surface area contributed by atoms with Gasteiger partial charge in [0, 0.05) is 18.0 Å². The van der Waals surface area contributed by atoms with E-state index < -0.39 is 17.5 Å². The lowest BCUT2D eigenvalue weighted by Crippen LogP contribution is -2.30. The molecule has 140 valence electrons. The summed E-state index contributed by atoms with van der Waals surface area (Å²) in [5, 5.41) is 0.489. The van der Waals surface area contributed by atoms with E-state index in [-0.39, 0.29) is 12.1 Å². The number of carbonyl (C=O) groups is 1. The number of amides is 1. The molecule has 0 aliphatic heterocycles. The molecule has 0 bridgehead atoms. The normalized spacial score (nSPS) is 11.0. The third-order valence-electron chi connectivity index (χ3n) is 4.32. The molecule has 0 spiro atoms. The molecule has 2 heterocycles. The van der Waals surface area contributed by atoms with Crippen LogP contribution in [0.25, 0.3) is 10.2 Å². The molecule has 0 aliphatic carbocycles. The van der Waals surface area contributed by atoms with Crippen molar-refractivity contribution in [2.75, 3.05) is 4.90 Å². The number of hydrogen-bond donors (Lipinski definition) is 0. The van der Waals surface area contributed by atoms with E-state index in [0.29, 0.717) is 5.13 Å². The fourth-order valence-corrected chi connectivity index (χ4v) is 3.92. The Labute approximate surface area is 164 Å². The molecule has 0 unspecified atom stereocenters. The van der Waals surface area contributed by atoms with Crippen LogP contribution in [0.5, 0.6) is 0 Å². The molecule has 0 saturated carbocycles. The zero-order valence-corrected chi connectivity index (χ0v) is 15.7. The molecule has 28 heavy (non-hydrogen) atoms. The first-order valence-corrected chi connectivity index (χ1v) is 9.36. The zero-order valence-electron chi connectivity index (χ0n) is 14.9. The van der Waals surface area contributed by atoms with Gasteiger partial charge in [0.2, 0.25) is 0 Å². The maximum atomic E-state index is 13.7. The van der Waals surface area contributed by atoms with Gasteiger partial charge in [-0.05, 0) is 48.4 Å². The molecular weight excluding hydrogens is 380 g/mol. The van der Waals surface area contributed by atoms with E-state index >= 15 is 0 Å². The second-order valence-electron chi connectivity index (χ2n) is 6.30. The number of anilines is 1. The van der Waals surface area contributed by atoms with Gasteiger partial charge >= 0.3 is 0 Å². The van der Waals surface area contributed by atoms with Crippen molar-refractivity contribution < 1.29 is 13.6 Å². The van der Waals surface area contributed by atoms with Gasteiger partial charge in [-0.3, -0.25) is 14.7 Å². The first kappa shape index (κ1) is 18.2. The largest absolute Gasteiger partial charge is 0.279 e. The highest BCUT2D eigenvalue weighted by atomic mass is 32.1. The van der Waals surface area contributed by atoms with Crippen LogP contribution in [-0.4, -0.2) is 15.9 Å². The Morgan fingerprint density at radius 2 is 1.96 bits per heavy atom. The van der Waals surface area contributed by atoms with Crippen molar-refractivity contribution in [1.29, 1.82) is 0 Å². The van der Waals surface area contributed by atoms with Crippen LogP contribution >= 0.6 is 11.3 Å². The first-order chi connectivity index (χ1) is 13.5. The maximum Gasteiger partial charge on any atom is 0.260 e. The van der Waals surface area contributed by atoms with Crippen molar-refractivity contribution in [3.05, 3.63) is 89.2 Å². The molecule has 0 saturated heterocycles. The lowest BCUT2D eigenvalue weighted by atomic mass is 10.1. The minimum Gasteiger partial charge on any atom is -0.279 e. The number of hydrogen-bond acceptors (Lipinski definition) is 4. The molecule has 0 aliphatic rings. The molecule has 2 aromatic carbocycles. The summed E-state index contributed by atoms with van der Waals surface area (Å²) in [6.45, 7) is 2.17. The Bertz CT molecular complexity index is 1160. The summed E-state index contributed by atoms with van der Waals surface area (Å²) in [5.74, 6) is -2.52. The number of benzene rings is 2. The van der Waals surface area contributed by atoms with Gasteiger partial charge in [0.05, 0.1) is 16.8 Å². The van der Waals surface area contributed by atoms with Crippen LogP contribution in [0.3, 0.4) is 0 Å². The number of thiazole rings is 1. The molecule has 2 aromatic heterocycles. The number of rotatable bonds is 4. The van der Waals surface area contributed by atoms with Crippen LogP contribution in [0.15, 0.2) is 60.9 Å². The number of halogens is 2. The highest BCUT2D eigenvalue weighted by Crippen LogP contribution is 2.32. The van der Waals surface area contributed by atoms with Crippen LogP contribution in [0.1, 0.15) is 21.5 Å². The van der Waals surface area contributed by atoms with Crippen LogP contribution in [0.4, 0.5) is 13.9 Å². The molecule has 0 radical (unpaired) electrons. The lowest BCUT2D eigenvalue weighted by molar-refractivity contribution is 0.0984. The Kier molecular flexibility index (Phi) is 4.83. The summed E-state index contributed by atoms with van der Waals surface area (Å²) >= 11 is 1.37. The van der Waals surface area contributed by atoms with Gasteiger partial charge in [0.15, 0.2) is 16.8 Å². The van der Waals surface area contributed by atoms with Crippen molar-refractivity contribution in [2.24, 2.45) is 0 Å². The maximum absolute atomic E-state index is 13.7. The second-order valence-corrected chi connectivity index (χ2v) is 7.31. The summed E-state index contributed by atoms with van der Waals surface area (Å²) in [5.41, 5.74) is 2.67. The molecule has 1 amide bonds. The van der Waals surface area contributed by atoms with E-state index in [2.05, 4.69) is 9.97 Å². The number of aryl methyl sites for hydroxylation is 1. The number of pyridine rings is 1. The van der Waals surface area contributed by atoms with Crippen LogP contribution in [0, 0.1) is 18.6 Å². The average molecular weight is 395 g/mol. The minimum absolute atomic E-state index is 0.0544. The van der Waals surface area contributed by atoms with Crippen molar-refractivity contribution in [3.63, 3.8) is 0 Å². The highest BCUT2D eigenvalue weighted by Gasteiger charge is 2.23. The third kappa shape index (κ3) is 3.48. The molecule has 0 N–H and O–H groups in total. The number of aromatic nitrogens is 2. The monoisotopic (exact) mass is 395 g/mol. The third-order valence-corrected chi connectivity index (χ3v) is 5.36. The van der Waals surface area contributed by atoms with Crippen molar-refractivity contribution in [1.82, 2.24) is 9.97 Å². The molecule has 0 atom stereocenters. The summed E-state index contributed by atoms with van der Waals surface area (Å²) in [7, 11) is 0. The summed E-state index contributed by atoms with van der Waals surface area (Å²) < 4.78 is 27.9. The van der Waals surface area contributed by atoms with Gasteiger partial charge in [-0.15, -0.1) is 0 Å². The van der Waals surface area contributed by atoms with Gasteiger partial charge in [0.25, 0.3) is 5.91 Å². The van der Waals surface area contributed by atoms with Crippen molar-refractivity contribution in [3.8, 4) is 0 Å². The number of nitrogens with zero attached hydrogens (tertiary/aromatic N) is 3. The van der Waals surface area contributed by atoms with Gasteiger partial charge in [-0.1, -0.05) is 29.5 Å². The van der Waals surface area contributed by atoms with Crippen LogP contribution < -0.4 is 4.90 Å². The Morgan fingerprint density at radius 1 is 1.11 bits per heavy atom. The van der Waals surface area contributed by atoms with E-state index in [4.69, 9.17) is 0 Å². The number of para-hydroxylation sites is 1. The fourth-order valence-electron chi connectivity index (χ4n) is 2.88. The molecular formula is C21H15F2N3OS. The predicted octanol–water partition coefficient (Wildman–Crippen LogP) is 5.12. The van der Waals surface area contributed by atoms with Gasteiger partial charge in [0.1, 0.15) is 0 Å². The topological polar surface area (TPSA) is 46.1 Å². The van der Waals surface area contributed by atoms with Crippen LogP contribution in [-0.2, 0) is 6.54 Å². The zero-order chi connectivity index (χ0) is 19.7. The minimum atomic E-state index is -1.06. The van der Waals surface area contributed by atoms with E-state index in [9.17, 15) is 13.6 Å². The molecule has 4 nitrogen and oxygen atoms in total. The fraction of sp³-hybridized carbons (Fsp3) is 0.0952. The molecule has 0 fully saturated rings. The van der Waals surface area contributed by atoms with E-state index in [1.807, 2.05) is 31.2 Å². The molecule has 4 aromatic rings. The van der Waals surface area contributed by atoms with E-state index in [1.165, 1.54) is 22.3 Å². The Balaban J connectivity index is 1.79. The SMILES string of the molecule is Cc1cccc2sc(N(Cc3cccnc3)C(=O)c3ccc(F)c(F)c3)nc12. The van der Waals surface area contributed by atoms with E-state index in [1.54, 1.807) is 18.5 Å². The smallest absolute Gasteiger partial charge is 0.260 e. The first-order valence-electron chi connectivity index (χ1n) is 8.55. The molecule has 4 rings (SSSR count). The predicted molar refractivity (Wildman–Crippen MR) is 105 cm³/mol. The molecule has 7 heteroatoms. The Hall–Kier alpha value is -3.19. The standard InChI is InChI=1S/C21H15F2N3OS/c1-13-4-2-6-18-19(13)25-21(28-18)26(12-14-5-3-9-24-11-14)20(27)15-7-8-16(22)17(23)10-15/h2-11H,12H2,1H3. The van der Waals surface area contributed by atoms with E-state index in [0.717, 1.165) is 33.5 Å². The van der Waals surface area contributed by atoms with Gasteiger partial charge in [-0.25, -0.2) is 13.8 Å². The van der Waals surface area contributed by atoms with Crippen LogP contribution in [0.2, 0.25) is 0 Å². The second kappa shape index (κ2) is 7.44. The number of fused-ring (bicyclic) bond motifs is 1.